The average molecular weight is 536 g/mol. The summed E-state index contributed by atoms with van der Waals surface area (Å²) in [6.45, 7) is 1.32. The Morgan fingerprint density at radius 3 is 2.23 bits per heavy atom. The number of alkyl halides is 3. The molecule has 0 radical (unpaired) electrons. The number of nitrogens with one attached hydrogen (secondary N) is 1. The van der Waals surface area contributed by atoms with E-state index in [9.17, 15) is 39.9 Å². The maximum absolute atomic E-state index is 13.0. The predicted octanol–water partition coefficient (Wildman–Crippen LogP) is 1.61. The summed E-state index contributed by atoms with van der Waals surface area (Å²) in [7, 11) is -6.75. The Bertz CT molecular complexity index is 1530. The number of hydrogen-bond donors (Lipinski definition) is 2. The number of imidazole rings is 1. The van der Waals surface area contributed by atoms with Gasteiger partial charge in [-0.3, -0.25) is 9.29 Å². The van der Waals surface area contributed by atoms with Gasteiger partial charge in [0.2, 0.25) is 5.88 Å². The van der Waals surface area contributed by atoms with E-state index in [-0.39, 0.29) is 23.7 Å². The summed E-state index contributed by atoms with van der Waals surface area (Å²) < 4.78 is 90.6. The summed E-state index contributed by atoms with van der Waals surface area (Å²) in [5.41, 5.74) is -5.76. The van der Waals surface area contributed by atoms with Crippen LogP contribution in [0.15, 0.2) is 52.3 Å². The molecule has 2 heterocycles. The van der Waals surface area contributed by atoms with Crippen LogP contribution in [0, 0.1) is 6.92 Å². The summed E-state index contributed by atoms with van der Waals surface area (Å²) in [6.07, 6.45) is 1.32. The quantitative estimate of drug-likeness (QED) is 0.468. The van der Waals surface area contributed by atoms with E-state index in [1.54, 1.807) is 0 Å². The molecule has 0 bridgehead atoms. The number of rotatable bonds is 7. The van der Waals surface area contributed by atoms with E-state index in [1.165, 1.54) is 39.3 Å². The maximum atomic E-state index is 13.0. The molecule has 0 amide bonds. The Kier molecular flexibility index (Phi) is 6.75. The lowest BCUT2D eigenvalue weighted by atomic mass is 10.2. The van der Waals surface area contributed by atoms with E-state index in [0.29, 0.717) is 17.7 Å². The van der Waals surface area contributed by atoms with E-state index >= 15 is 0 Å². The third kappa shape index (κ3) is 5.03. The second kappa shape index (κ2) is 9.01. The lowest BCUT2D eigenvalue weighted by Crippen LogP contribution is -2.29. The van der Waals surface area contributed by atoms with Gasteiger partial charge in [0.05, 0.1) is 22.8 Å². The van der Waals surface area contributed by atoms with Crippen LogP contribution < -0.4 is 10.4 Å². The molecule has 0 saturated carbocycles. The smallest absolute Gasteiger partial charge is 0.493 e. The topological polar surface area (TPSA) is 144 Å². The van der Waals surface area contributed by atoms with Crippen molar-refractivity contribution >= 4 is 25.9 Å². The van der Waals surface area contributed by atoms with Gasteiger partial charge in [0, 0.05) is 20.3 Å². The van der Waals surface area contributed by atoms with Gasteiger partial charge in [-0.25, -0.2) is 22.8 Å². The lowest BCUT2D eigenvalue weighted by molar-refractivity contribution is -0.0436. The highest BCUT2D eigenvalue weighted by Crippen LogP contribution is 2.31. The van der Waals surface area contributed by atoms with Gasteiger partial charge in [0.1, 0.15) is 5.82 Å². The molecule has 16 heteroatoms. The maximum Gasteiger partial charge on any atom is 0.501 e. The molecule has 190 valence electrons. The van der Waals surface area contributed by atoms with Gasteiger partial charge in [-0.05, 0) is 48.9 Å². The second-order valence-electron chi connectivity index (χ2n) is 7.50. The Morgan fingerprint density at radius 2 is 1.69 bits per heavy atom. The molecule has 0 atom stereocenters. The highest BCUT2D eigenvalue weighted by Gasteiger charge is 2.46. The highest BCUT2D eigenvalue weighted by atomic mass is 32.2. The van der Waals surface area contributed by atoms with Crippen LogP contribution in [-0.4, -0.2) is 60.0 Å². The van der Waals surface area contributed by atoms with Crippen LogP contribution in [0.3, 0.4) is 0 Å². The van der Waals surface area contributed by atoms with Gasteiger partial charge in [0.15, 0.2) is 0 Å². The first-order chi connectivity index (χ1) is 16.1. The molecule has 0 spiro atoms. The highest BCUT2D eigenvalue weighted by molar-refractivity contribution is 7.92. The van der Waals surface area contributed by atoms with Gasteiger partial charge in [0.25, 0.3) is 9.84 Å². The van der Waals surface area contributed by atoms with Crippen molar-refractivity contribution in [1.29, 1.82) is 0 Å². The van der Waals surface area contributed by atoms with E-state index in [2.05, 4.69) is 9.71 Å². The average Bonchev–Trinajstić information content (AvgIpc) is 2.96. The molecule has 2 N–H and O–H groups in total. The predicted molar refractivity (Wildman–Crippen MR) is 119 cm³/mol. The molecule has 11 nitrogen and oxygen atoms in total. The monoisotopic (exact) mass is 535 g/mol. The third-order valence-electron chi connectivity index (χ3n) is 4.95. The van der Waals surface area contributed by atoms with Gasteiger partial charge < -0.3 is 5.11 Å². The largest absolute Gasteiger partial charge is 0.501 e. The first-order valence-electron chi connectivity index (χ1n) is 9.64. The Balaban J connectivity index is 1.96. The van der Waals surface area contributed by atoms with Crippen LogP contribution in [0.1, 0.15) is 11.3 Å². The SMILES string of the molecule is Cc1c(O)n(-c2ccc(S(=O)(=O)C(F)(F)F)cc2)c(=O)n1Cc1ccnc(NS(=O)(=O)N(C)C)c1. The molecular weight excluding hydrogens is 515 g/mol. The molecule has 0 aliphatic rings. The molecule has 1 aromatic carbocycles. The molecule has 35 heavy (non-hydrogen) atoms. The molecule has 0 saturated heterocycles. The third-order valence-corrected chi connectivity index (χ3v) is 7.88. The number of halogens is 3. The van der Waals surface area contributed by atoms with Gasteiger partial charge in [-0.1, -0.05) is 0 Å². The fourth-order valence-electron chi connectivity index (χ4n) is 3.00. The zero-order chi connectivity index (χ0) is 26.3. The zero-order valence-corrected chi connectivity index (χ0v) is 20.1. The van der Waals surface area contributed by atoms with Crippen LogP contribution in [0.4, 0.5) is 19.0 Å². The van der Waals surface area contributed by atoms with Crippen LogP contribution in [-0.2, 0) is 26.6 Å². The molecular formula is C19H20F3N5O6S2. The number of sulfone groups is 1. The van der Waals surface area contributed by atoms with Crippen LogP contribution in [0.2, 0.25) is 0 Å². The van der Waals surface area contributed by atoms with Gasteiger partial charge in [-0.15, -0.1) is 0 Å². The van der Waals surface area contributed by atoms with Crippen molar-refractivity contribution in [2.75, 3.05) is 18.8 Å². The van der Waals surface area contributed by atoms with Crippen LogP contribution >= 0.6 is 0 Å². The van der Waals surface area contributed by atoms with Crippen molar-refractivity contribution in [2.24, 2.45) is 0 Å². The summed E-state index contributed by atoms with van der Waals surface area (Å²) >= 11 is 0. The molecule has 0 aliphatic heterocycles. The fraction of sp³-hybridized carbons (Fsp3) is 0.263. The normalized spacial score (nSPS) is 12.8. The Morgan fingerprint density at radius 1 is 1.09 bits per heavy atom. The molecule has 2 aromatic heterocycles. The fourth-order valence-corrected chi connectivity index (χ4v) is 4.32. The molecule has 0 aliphatic carbocycles. The first kappa shape index (κ1) is 26.2. The number of benzene rings is 1. The number of anilines is 1. The number of aromatic hydroxyl groups is 1. The van der Waals surface area contributed by atoms with Crippen molar-refractivity contribution in [3.63, 3.8) is 0 Å². The van der Waals surface area contributed by atoms with Crippen molar-refractivity contribution in [2.45, 2.75) is 23.9 Å². The zero-order valence-electron chi connectivity index (χ0n) is 18.5. The summed E-state index contributed by atoms with van der Waals surface area (Å²) in [5.74, 6) is -0.518. The molecule has 3 rings (SSSR count). The summed E-state index contributed by atoms with van der Waals surface area (Å²) in [4.78, 5) is 15.9. The van der Waals surface area contributed by atoms with Crippen molar-refractivity contribution in [3.8, 4) is 11.6 Å². The summed E-state index contributed by atoms with van der Waals surface area (Å²) in [5, 5.41) is 10.5. The minimum absolute atomic E-state index is 0.00739. The number of nitrogens with zero attached hydrogens (tertiary/aromatic N) is 4. The van der Waals surface area contributed by atoms with E-state index in [1.807, 2.05) is 0 Å². The molecule has 0 fully saturated rings. The lowest BCUT2D eigenvalue weighted by Gasteiger charge is -2.13. The number of pyridine rings is 1. The number of hydrogen-bond acceptors (Lipinski definition) is 7. The van der Waals surface area contributed by atoms with Crippen molar-refractivity contribution < 1.29 is 35.1 Å². The van der Waals surface area contributed by atoms with Crippen LogP contribution in [0.25, 0.3) is 5.69 Å². The molecule has 0 unspecified atom stereocenters. The second-order valence-corrected chi connectivity index (χ2v) is 11.3. The Hall–Kier alpha value is -3.37. The molecule has 3 aromatic rings. The minimum atomic E-state index is -5.57. The van der Waals surface area contributed by atoms with E-state index in [4.69, 9.17) is 0 Å². The van der Waals surface area contributed by atoms with Crippen LogP contribution in [0.5, 0.6) is 5.88 Å². The van der Waals surface area contributed by atoms with Gasteiger partial charge in [-0.2, -0.15) is 25.9 Å². The van der Waals surface area contributed by atoms with Crippen molar-refractivity contribution in [3.05, 3.63) is 64.3 Å². The van der Waals surface area contributed by atoms with Gasteiger partial charge >= 0.3 is 21.4 Å². The first-order valence-corrected chi connectivity index (χ1v) is 12.6. The Labute approximate surface area is 198 Å². The van der Waals surface area contributed by atoms with Crippen molar-refractivity contribution in [1.82, 2.24) is 18.4 Å². The summed E-state index contributed by atoms with van der Waals surface area (Å²) in [6, 6.07) is 6.20. The minimum Gasteiger partial charge on any atom is -0.493 e. The number of aromatic nitrogens is 3. The standard InChI is InChI=1S/C19H20F3N5O6S2/c1-12-17(28)27(14-4-6-15(7-5-14)34(30,31)19(20,21)22)18(29)26(12)11-13-8-9-23-16(10-13)24-35(32,33)25(2)3/h4-10,28H,11H2,1-3H3,(H,23,24). The van der Waals surface area contributed by atoms with E-state index < -0.39 is 42.0 Å². The van der Waals surface area contributed by atoms with E-state index in [0.717, 1.165) is 25.6 Å².